The van der Waals surface area contributed by atoms with Crippen molar-refractivity contribution in [2.75, 3.05) is 17.3 Å². The molecule has 0 bridgehead atoms. The van der Waals surface area contributed by atoms with E-state index in [0.717, 1.165) is 10.9 Å². The zero-order valence-corrected chi connectivity index (χ0v) is 12.0. The molecule has 1 aliphatic rings. The predicted molar refractivity (Wildman–Crippen MR) is 79.4 cm³/mol. The minimum atomic E-state index is 0.493. The van der Waals surface area contributed by atoms with E-state index >= 15 is 0 Å². The van der Waals surface area contributed by atoms with Crippen molar-refractivity contribution in [3.8, 4) is 0 Å². The molecule has 2 rings (SSSR count). The standard InChI is InChI=1S/C12H16Cl2N2S/c1-17-8-3-2-7(4-8)16-12-6-10(14)9(13)5-11(12)15/h5-8,16H,2-4,15H2,1H3. The summed E-state index contributed by atoms with van der Waals surface area (Å²) in [4.78, 5) is 0. The van der Waals surface area contributed by atoms with E-state index in [4.69, 9.17) is 28.9 Å². The van der Waals surface area contributed by atoms with Crippen LogP contribution in [-0.2, 0) is 0 Å². The molecule has 0 radical (unpaired) electrons. The van der Waals surface area contributed by atoms with Crippen LogP contribution in [0.1, 0.15) is 19.3 Å². The maximum absolute atomic E-state index is 6.00. The van der Waals surface area contributed by atoms with E-state index < -0.39 is 0 Å². The number of rotatable bonds is 3. The zero-order chi connectivity index (χ0) is 12.4. The molecule has 0 saturated heterocycles. The van der Waals surface area contributed by atoms with Gasteiger partial charge in [-0.15, -0.1) is 0 Å². The van der Waals surface area contributed by atoms with Crippen molar-refractivity contribution in [3.63, 3.8) is 0 Å². The second-order valence-electron chi connectivity index (χ2n) is 4.37. The van der Waals surface area contributed by atoms with E-state index in [9.17, 15) is 0 Å². The third-order valence-electron chi connectivity index (χ3n) is 3.17. The van der Waals surface area contributed by atoms with E-state index in [1.54, 1.807) is 6.07 Å². The minimum absolute atomic E-state index is 0.493. The average Bonchev–Trinajstić information content (AvgIpc) is 2.73. The first-order valence-electron chi connectivity index (χ1n) is 5.64. The van der Waals surface area contributed by atoms with Gasteiger partial charge in [0.05, 0.1) is 21.4 Å². The topological polar surface area (TPSA) is 38.0 Å². The Morgan fingerprint density at radius 2 is 2.00 bits per heavy atom. The summed E-state index contributed by atoms with van der Waals surface area (Å²) in [6.07, 6.45) is 5.80. The second-order valence-corrected chi connectivity index (χ2v) is 6.32. The third-order valence-corrected chi connectivity index (χ3v) is 4.99. The largest absolute Gasteiger partial charge is 0.397 e. The van der Waals surface area contributed by atoms with Crippen LogP contribution in [0.4, 0.5) is 11.4 Å². The highest BCUT2D eigenvalue weighted by molar-refractivity contribution is 7.99. The van der Waals surface area contributed by atoms with Gasteiger partial charge < -0.3 is 11.1 Å². The summed E-state index contributed by atoms with van der Waals surface area (Å²) in [5.41, 5.74) is 7.48. The van der Waals surface area contributed by atoms with Crippen LogP contribution in [0.2, 0.25) is 10.0 Å². The minimum Gasteiger partial charge on any atom is -0.397 e. The van der Waals surface area contributed by atoms with Crippen LogP contribution < -0.4 is 11.1 Å². The lowest BCUT2D eigenvalue weighted by molar-refractivity contribution is 0.757. The molecule has 2 nitrogen and oxygen atoms in total. The van der Waals surface area contributed by atoms with Crippen molar-refractivity contribution in [1.29, 1.82) is 0 Å². The number of hydrogen-bond donors (Lipinski definition) is 2. The fourth-order valence-corrected chi connectivity index (χ4v) is 3.32. The van der Waals surface area contributed by atoms with Crippen LogP contribution in [0, 0.1) is 0 Å². The first-order valence-corrected chi connectivity index (χ1v) is 7.68. The summed E-state index contributed by atoms with van der Waals surface area (Å²) in [5.74, 6) is 0. The highest BCUT2D eigenvalue weighted by Gasteiger charge is 2.24. The maximum atomic E-state index is 6.00. The lowest BCUT2D eigenvalue weighted by Crippen LogP contribution is -2.16. The molecule has 0 spiro atoms. The van der Waals surface area contributed by atoms with E-state index in [1.165, 1.54) is 19.3 Å². The molecule has 2 atom stereocenters. The predicted octanol–water partition coefficient (Wildman–Crippen LogP) is 4.27. The highest BCUT2D eigenvalue weighted by atomic mass is 35.5. The zero-order valence-electron chi connectivity index (χ0n) is 9.67. The Labute approximate surface area is 116 Å². The Hall–Kier alpha value is -0.250. The summed E-state index contributed by atoms with van der Waals surface area (Å²) >= 11 is 13.8. The molecule has 1 aromatic carbocycles. The molecule has 3 N–H and O–H groups in total. The van der Waals surface area contributed by atoms with E-state index in [2.05, 4.69) is 11.6 Å². The number of anilines is 2. The lowest BCUT2D eigenvalue weighted by Gasteiger charge is -2.16. The van der Waals surface area contributed by atoms with Crippen LogP contribution >= 0.6 is 35.0 Å². The molecule has 2 unspecified atom stereocenters. The van der Waals surface area contributed by atoms with Crippen LogP contribution in [0.3, 0.4) is 0 Å². The number of thioether (sulfide) groups is 1. The van der Waals surface area contributed by atoms with Crippen LogP contribution in [-0.4, -0.2) is 17.5 Å². The van der Waals surface area contributed by atoms with Gasteiger partial charge in [0.15, 0.2) is 0 Å². The molecule has 1 aromatic rings. The van der Waals surface area contributed by atoms with Crippen molar-refractivity contribution in [2.45, 2.75) is 30.6 Å². The summed E-state index contributed by atoms with van der Waals surface area (Å²) < 4.78 is 0. The summed E-state index contributed by atoms with van der Waals surface area (Å²) in [5, 5.41) is 5.27. The fourth-order valence-electron chi connectivity index (χ4n) is 2.19. The van der Waals surface area contributed by atoms with Crippen molar-refractivity contribution in [1.82, 2.24) is 0 Å². The number of nitrogens with one attached hydrogen (secondary N) is 1. The second kappa shape index (κ2) is 5.59. The molecule has 1 fully saturated rings. The van der Waals surface area contributed by atoms with Crippen LogP contribution in [0.15, 0.2) is 12.1 Å². The SMILES string of the molecule is CSC1CCC(Nc2cc(Cl)c(Cl)cc2N)C1. The van der Waals surface area contributed by atoms with Gasteiger partial charge in [-0.3, -0.25) is 0 Å². The smallest absolute Gasteiger partial charge is 0.0614 e. The normalized spacial score (nSPS) is 23.9. The molecule has 0 heterocycles. The summed E-state index contributed by atoms with van der Waals surface area (Å²) in [6, 6.07) is 4.01. The maximum Gasteiger partial charge on any atom is 0.0614 e. The van der Waals surface area contributed by atoms with Gasteiger partial charge in [0.25, 0.3) is 0 Å². The Kier molecular flexibility index (Phi) is 4.34. The number of hydrogen-bond acceptors (Lipinski definition) is 3. The van der Waals surface area contributed by atoms with Crippen molar-refractivity contribution >= 4 is 46.3 Å². The first kappa shape index (κ1) is 13.2. The van der Waals surface area contributed by atoms with Gasteiger partial charge >= 0.3 is 0 Å². The van der Waals surface area contributed by atoms with Crippen molar-refractivity contribution < 1.29 is 0 Å². The molecule has 1 aliphatic carbocycles. The van der Waals surface area contributed by atoms with Gasteiger partial charge in [0, 0.05) is 11.3 Å². The third kappa shape index (κ3) is 3.15. The highest BCUT2D eigenvalue weighted by Crippen LogP contribution is 2.34. The summed E-state index contributed by atoms with van der Waals surface area (Å²) in [7, 11) is 0. The monoisotopic (exact) mass is 290 g/mol. The van der Waals surface area contributed by atoms with E-state index in [1.807, 2.05) is 17.8 Å². The molecular formula is C12H16Cl2N2S. The van der Waals surface area contributed by atoms with Crippen LogP contribution in [0.25, 0.3) is 0 Å². The average molecular weight is 291 g/mol. The first-order chi connectivity index (χ1) is 8.10. The molecule has 94 valence electrons. The van der Waals surface area contributed by atoms with Gasteiger partial charge in [0.2, 0.25) is 0 Å². The van der Waals surface area contributed by atoms with Gasteiger partial charge in [-0.2, -0.15) is 11.8 Å². The van der Waals surface area contributed by atoms with Gasteiger partial charge in [-0.1, -0.05) is 23.2 Å². The fraction of sp³-hybridized carbons (Fsp3) is 0.500. The number of halogens is 2. The van der Waals surface area contributed by atoms with E-state index in [0.29, 0.717) is 21.8 Å². The van der Waals surface area contributed by atoms with Gasteiger partial charge in [0.1, 0.15) is 0 Å². The Morgan fingerprint density at radius 3 is 2.65 bits per heavy atom. The Balaban J connectivity index is 2.06. The van der Waals surface area contributed by atoms with Crippen LogP contribution in [0.5, 0.6) is 0 Å². The van der Waals surface area contributed by atoms with Gasteiger partial charge in [-0.05, 0) is 37.7 Å². The van der Waals surface area contributed by atoms with E-state index in [-0.39, 0.29) is 0 Å². The molecule has 1 saturated carbocycles. The van der Waals surface area contributed by atoms with Crippen molar-refractivity contribution in [3.05, 3.63) is 22.2 Å². The Bertz CT molecular complexity index is 412. The number of nitrogen functional groups attached to an aromatic ring is 1. The number of nitrogens with two attached hydrogens (primary N) is 1. The molecular weight excluding hydrogens is 275 g/mol. The molecule has 17 heavy (non-hydrogen) atoms. The molecule has 0 amide bonds. The molecule has 5 heteroatoms. The lowest BCUT2D eigenvalue weighted by atomic mass is 10.2. The van der Waals surface area contributed by atoms with Gasteiger partial charge in [-0.25, -0.2) is 0 Å². The van der Waals surface area contributed by atoms with Crippen molar-refractivity contribution in [2.24, 2.45) is 0 Å². The molecule has 0 aliphatic heterocycles. The number of benzene rings is 1. The quantitative estimate of drug-likeness (QED) is 0.817. The summed E-state index contributed by atoms with van der Waals surface area (Å²) in [6.45, 7) is 0. The molecule has 0 aromatic heterocycles. The Morgan fingerprint density at radius 1 is 1.29 bits per heavy atom.